The van der Waals surface area contributed by atoms with E-state index in [1.165, 1.54) is 0 Å². The van der Waals surface area contributed by atoms with Gasteiger partial charge in [0.1, 0.15) is 0 Å². The molecule has 28 heavy (non-hydrogen) atoms. The number of carbonyl (C=O) groups excluding carboxylic acids is 1. The van der Waals surface area contributed by atoms with E-state index in [4.69, 9.17) is 16.3 Å². The Morgan fingerprint density at radius 2 is 1.86 bits per heavy atom. The molecule has 1 N–H and O–H groups in total. The summed E-state index contributed by atoms with van der Waals surface area (Å²) in [7, 11) is 0. The number of carbonyl (C=O) groups is 1. The molecule has 2 aromatic carbocycles. The summed E-state index contributed by atoms with van der Waals surface area (Å²) in [6.45, 7) is 5.88. The molecule has 1 aliphatic heterocycles. The van der Waals surface area contributed by atoms with E-state index in [0.717, 1.165) is 29.9 Å². The topological polar surface area (TPSA) is 54.5 Å². The highest BCUT2D eigenvalue weighted by molar-refractivity contribution is 6.32. The fourth-order valence-electron chi connectivity index (χ4n) is 3.67. The highest BCUT2D eigenvalue weighted by atomic mass is 35.5. The number of hydrogen-bond acceptors (Lipinski definition) is 4. The zero-order valence-electron chi connectivity index (χ0n) is 15.9. The van der Waals surface area contributed by atoms with E-state index in [2.05, 4.69) is 29.0 Å². The maximum Gasteiger partial charge on any atom is 0.257 e. The van der Waals surface area contributed by atoms with Crippen LogP contribution in [0, 0.1) is 0 Å². The Morgan fingerprint density at radius 3 is 2.57 bits per heavy atom. The lowest BCUT2D eigenvalue weighted by Gasteiger charge is -2.36. The summed E-state index contributed by atoms with van der Waals surface area (Å²) in [5, 5.41) is 4.29. The first-order chi connectivity index (χ1) is 13.5. The second-order valence-corrected chi connectivity index (χ2v) is 7.63. The maximum absolute atomic E-state index is 12.8. The highest BCUT2D eigenvalue weighted by Crippen LogP contribution is 2.25. The Labute approximate surface area is 169 Å². The SMILES string of the molecule is CC1CN(c2ccc(NC(=O)c3cc(Cl)cc4cccnc34)cc2)CC(C)O1. The number of fused-ring (bicyclic) bond motifs is 1. The predicted octanol–water partition coefficient (Wildman–Crippen LogP) is 4.75. The molecular weight excluding hydrogens is 374 g/mol. The third kappa shape index (κ3) is 3.96. The molecule has 6 heteroatoms. The molecule has 4 rings (SSSR count). The Morgan fingerprint density at radius 1 is 1.14 bits per heavy atom. The fourth-order valence-corrected chi connectivity index (χ4v) is 3.90. The number of benzene rings is 2. The van der Waals surface area contributed by atoms with Crippen molar-refractivity contribution in [3.05, 3.63) is 65.3 Å². The summed E-state index contributed by atoms with van der Waals surface area (Å²) >= 11 is 6.18. The van der Waals surface area contributed by atoms with E-state index in [0.29, 0.717) is 16.1 Å². The summed E-state index contributed by atoms with van der Waals surface area (Å²) in [4.78, 5) is 19.5. The van der Waals surface area contributed by atoms with Crippen molar-refractivity contribution in [3.8, 4) is 0 Å². The summed E-state index contributed by atoms with van der Waals surface area (Å²) in [5.74, 6) is -0.229. The molecule has 0 saturated carbocycles. The van der Waals surface area contributed by atoms with Gasteiger partial charge in [0.15, 0.2) is 0 Å². The second kappa shape index (κ2) is 7.78. The number of hydrogen-bond donors (Lipinski definition) is 1. The summed E-state index contributed by atoms with van der Waals surface area (Å²) in [6.07, 6.45) is 2.07. The predicted molar refractivity (Wildman–Crippen MR) is 113 cm³/mol. The van der Waals surface area contributed by atoms with Crippen molar-refractivity contribution >= 4 is 39.8 Å². The number of rotatable bonds is 3. The van der Waals surface area contributed by atoms with Gasteiger partial charge in [-0.1, -0.05) is 17.7 Å². The molecule has 144 valence electrons. The van der Waals surface area contributed by atoms with Crippen LogP contribution < -0.4 is 10.2 Å². The number of halogens is 1. The summed E-state index contributed by atoms with van der Waals surface area (Å²) < 4.78 is 5.79. The third-order valence-corrected chi connectivity index (χ3v) is 5.04. The Kier molecular flexibility index (Phi) is 5.20. The molecule has 1 aromatic heterocycles. The number of aromatic nitrogens is 1. The normalized spacial score (nSPS) is 19.6. The average molecular weight is 396 g/mol. The second-order valence-electron chi connectivity index (χ2n) is 7.19. The Bertz CT molecular complexity index is 996. The van der Waals surface area contributed by atoms with Gasteiger partial charge >= 0.3 is 0 Å². The van der Waals surface area contributed by atoms with Crippen LogP contribution >= 0.6 is 11.6 Å². The third-order valence-electron chi connectivity index (χ3n) is 4.82. The molecule has 2 atom stereocenters. The van der Waals surface area contributed by atoms with Crippen LogP contribution in [0.1, 0.15) is 24.2 Å². The molecule has 2 heterocycles. The minimum atomic E-state index is -0.229. The van der Waals surface area contributed by atoms with Crippen LogP contribution in [0.3, 0.4) is 0 Å². The zero-order valence-corrected chi connectivity index (χ0v) is 16.6. The van der Waals surface area contributed by atoms with Gasteiger partial charge in [-0.2, -0.15) is 0 Å². The molecule has 0 spiro atoms. The van der Waals surface area contributed by atoms with Gasteiger partial charge < -0.3 is 15.0 Å². The van der Waals surface area contributed by atoms with Crippen molar-refractivity contribution in [2.45, 2.75) is 26.1 Å². The maximum atomic E-state index is 12.8. The quantitative estimate of drug-likeness (QED) is 0.695. The van der Waals surface area contributed by atoms with Crippen LogP contribution in [0.2, 0.25) is 5.02 Å². The molecule has 0 aliphatic carbocycles. The minimum Gasteiger partial charge on any atom is -0.372 e. The van der Waals surface area contributed by atoms with Crippen molar-refractivity contribution in [1.29, 1.82) is 0 Å². The number of pyridine rings is 1. The lowest BCUT2D eigenvalue weighted by Crippen LogP contribution is -2.45. The van der Waals surface area contributed by atoms with E-state index in [9.17, 15) is 4.79 Å². The fraction of sp³-hybridized carbons (Fsp3) is 0.273. The Hall–Kier alpha value is -2.63. The van der Waals surface area contributed by atoms with Crippen LogP contribution in [0.25, 0.3) is 10.9 Å². The van der Waals surface area contributed by atoms with Gasteiger partial charge in [-0.15, -0.1) is 0 Å². The summed E-state index contributed by atoms with van der Waals surface area (Å²) in [5.41, 5.74) is 2.95. The monoisotopic (exact) mass is 395 g/mol. The van der Waals surface area contributed by atoms with Crippen molar-refractivity contribution in [3.63, 3.8) is 0 Å². The average Bonchev–Trinajstić information content (AvgIpc) is 2.67. The minimum absolute atomic E-state index is 0.201. The van der Waals surface area contributed by atoms with Crippen LogP contribution in [0.15, 0.2) is 54.7 Å². The van der Waals surface area contributed by atoms with Gasteiger partial charge in [0.25, 0.3) is 5.91 Å². The lowest BCUT2D eigenvalue weighted by molar-refractivity contribution is -0.00521. The molecule has 2 unspecified atom stereocenters. The number of morpholine rings is 1. The van der Waals surface area contributed by atoms with E-state index in [1.807, 2.05) is 36.4 Å². The lowest BCUT2D eigenvalue weighted by atomic mass is 10.1. The van der Waals surface area contributed by atoms with Gasteiger partial charge in [-0.3, -0.25) is 9.78 Å². The van der Waals surface area contributed by atoms with Crippen molar-refractivity contribution < 1.29 is 9.53 Å². The van der Waals surface area contributed by atoms with Crippen LogP contribution in [-0.4, -0.2) is 36.2 Å². The molecule has 5 nitrogen and oxygen atoms in total. The highest BCUT2D eigenvalue weighted by Gasteiger charge is 2.22. The van der Waals surface area contributed by atoms with Crippen LogP contribution in [0.5, 0.6) is 0 Å². The molecule has 1 aliphatic rings. The Balaban J connectivity index is 1.53. The van der Waals surface area contributed by atoms with Gasteiger partial charge in [0.2, 0.25) is 0 Å². The first-order valence-electron chi connectivity index (χ1n) is 9.35. The van der Waals surface area contributed by atoms with Gasteiger partial charge in [-0.05, 0) is 56.3 Å². The number of ether oxygens (including phenoxy) is 1. The number of nitrogens with one attached hydrogen (secondary N) is 1. The molecule has 1 fully saturated rings. The number of amides is 1. The smallest absolute Gasteiger partial charge is 0.257 e. The molecule has 0 bridgehead atoms. The molecule has 3 aromatic rings. The van der Waals surface area contributed by atoms with Crippen LogP contribution in [-0.2, 0) is 4.74 Å². The van der Waals surface area contributed by atoms with Crippen LogP contribution in [0.4, 0.5) is 11.4 Å². The molecular formula is C22H22ClN3O2. The van der Waals surface area contributed by atoms with Crippen molar-refractivity contribution in [1.82, 2.24) is 4.98 Å². The van der Waals surface area contributed by atoms with Crippen molar-refractivity contribution in [2.24, 2.45) is 0 Å². The molecule has 0 radical (unpaired) electrons. The number of nitrogens with zero attached hydrogens (tertiary/aromatic N) is 2. The first kappa shape index (κ1) is 18.7. The van der Waals surface area contributed by atoms with E-state index in [1.54, 1.807) is 18.3 Å². The molecule has 1 saturated heterocycles. The van der Waals surface area contributed by atoms with Gasteiger partial charge in [0.05, 0.1) is 23.3 Å². The van der Waals surface area contributed by atoms with Crippen molar-refractivity contribution in [2.75, 3.05) is 23.3 Å². The summed E-state index contributed by atoms with van der Waals surface area (Å²) in [6, 6.07) is 15.0. The van der Waals surface area contributed by atoms with Gasteiger partial charge in [-0.25, -0.2) is 0 Å². The van der Waals surface area contributed by atoms with E-state index in [-0.39, 0.29) is 18.1 Å². The number of anilines is 2. The largest absolute Gasteiger partial charge is 0.372 e. The molecule has 1 amide bonds. The van der Waals surface area contributed by atoms with Gasteiger partial charge in [0, 0.05) is 41.1 Å². The zero-order chi connectivity index (χ0) is 19.7. The standard InChI is InChI=1S/C22H22ClN3O2/c1-14-12-26(13-15(2)28-14)19-7-5-18(6-8-19)25-22(27)20-11-17(23)10-16-4-3-9-24-21(16)20/h3-11,14-15H,12-13H2,1-2H3,(H,25,27). The van der Waals surface area contributed by atoms with E-state index >= 15 is 0 Å². The first-order valence-corrected chi connectivity index (χ1v) is 9.73. The van der Waals surface area contributed by atoms with E-state index < -0.39 is 0 Å².